The van der Waals surface area contributed by atoms with Gasteiger partial charge in [-0.05, 0) is 36.9 Å². The molecule has 0 amide bonds. The molecule has 5 heteroatoms. The minimum Gasteiger partial charge on any atom is -0.493 e. The van der Waals surface area contributed by atoms with Crippen LogP contribution in [0, 0.1) is 0 Å². The van der Waals surface area contributed by atoms with Crippen molar-refractivity contribution in [1.82, 2.24) is 5.32 Å². The van der Waals surface area contributed by atoms with Crippen LogP contribution in [0.15, 0.2) is 33.2 Å². The molecule has 1 aromatic carbocycles. The summed E-state index contributed by atoms with van der Waals surface area (Å²) in [5.41, 5.74) is 1.03. The molecule has 0 spiro atoms. The van der Waals surface area contributed by atoms with E-state index in [9.17, 15) is 0 Å². The fourth-order valence-corrected chi connectivity index (χ4v) is 2.83. The lowest BCUT2D eigenvalue weighted by atomic mass is 10.0. The number of hydrogen-bond donors (Lipinski definition) is 1. The van der Waals surface area contributed by atoms with Gasteiger partial charge >= 0.3 is 0 Å². The summed E-state index contributed by atoms with van der Waals surface area (Å²) in [4.78, 5) is 0. The van der Waals surface area contributed by atoms with Crippen molar-refractivity contribution in [3.8, 4) is 11.5 Å². The second-order valence-corrected chi connectivity index (χ2v) is 5.46. The number of halogens is 1. The largest absolute Gasteiger partial charge is 0.493 e. The van der Waals surface area contributed by atoms with E-state index in [1.807, 2.05) is 31.3 Å². The Morgan fingerprint density at radius 3 is 2.38 bits per heavy atom. The Labute approximate surface area is 133 Å². The first-order valence-electron chi connectivity index (χ1n) is 6.81. The van der Waals surface area contributed by atoms with Gasteiger partial charge in [0.2, 0.25) is 0 Å². The molecule has 1 atom stereocenters. The summed E-state index contributed by atoms with van der Waals surface area (Å²) < 4.78 is 17.5. The molecular formula is C16H20BrNO3. The van der Waals surface area contributed by atoms with Crippen LogP contribution in [0.5, 0.6) is 11.5 Å². The molecule has 2 rings (SSSR count). The van der Waals surface area contributed by atoms with Crippen LogP contribution in [-0.2, 0) is 6.42 Å². The maximum absolute atomic E-state index is 5.87. The molecule has 0 bridgehead atoms. The zero-order valence-corrected chi connectivity index (χ0v) is 14.3. The van der Waals surface area contributed by atoms with E-state index in [0.29, 0.717) is 11.5 Å². The molecule has 4 nitrogen and oxygen atoms in total. The molecule has 1 heterocycles. The summed E-state index contributed by atoms with van der Waals surface area (Å²) in [6.45, 7) is 2.07. The summed E-state index contributed by atoms with van der Waals surface area (Å²) in [5.74, 6) is 3.24. The Balaban J connectivity index is 2.46. The predicted octanol–water partition coefficient (Wildman–Crippen LogP) is 3.93. The average molecular weight is 354 g/mol. The molecule has 0 fully saturated rings. The summed E-state index contributed by atoms with van der Waals surface area (Å²) in [5, 5.41) is 3.28. The Kier molecular flexibility index (Phi) is 5.31. The minimum absolute atomic E-state index is 0.0560. The van der Waals surface area contributed by atoms with Crippen LogP contribution in [0.25, 0.3) is 0 Å². The van der Waals surface area contributed by atoms with E-state index in [1.54, 1.807) is 14.2 Å². The fourth-order valence-electron chi connectivity index (χ4n) is 2.28. The van der Waals surface area contributed by atoms with Crippen LogP contribution in [0.4, 0.5) is 0 Å². The molecule has 0 aliphatic rings. The van der Waals surface area contributed by atoms with Gasteiger partial charge in [0.1, 0.15) is 11.5 Å². The van der Waals surface area contributed by atoms with Gasteiger partial charge in [-0.25, -0.2) is 0 Å². The van der Waals surface area contributed by atoms with Gasteiger partial charge < -0.3 is 19.2 Å². The third kappa shape index (κ3) is 3.24. The van der Waals surface area contributed by atoms with Crippen molar-refractivity contribution >= 4 is 15.9 Å². The van der Waals surface area contributed by atoms with E-state index in [-0.39, 0.29) is 6.04 Å². The summed E-state index contributed by atoms with van der Waals surface area (Å²) in [7, 11) is 5.16. The van der Waals surface area contributed by atoms with Crippen molar-refractivity contribution < 1.29 is 13.9 Å². The highest BCUT2D eigenvalue weighted by Crippen LogP contribution is 2.38. The normalized spacial score (nSPS) is 12.2. The van der Waals surface area contributed by atoms with Gasteiger partial charge in [-0.1, -0.05) is 22.9 Å². The molecule has 0 radical (unpaired) electrons. The number of hydrogen-bond acceptors (Lipinski definition) is 4. The first kappa shape index (κ1) is 15.9. The van der Waals surface area contributed by atoms with Crippen LogP contribution < -0.4 is 14.8 Å². The van der Waals surface area contributed by atoms with Crippen molar-refractivity contribution in [2.75, 3.05) is 21.3 Å². The number of ether oxygens (including phenoxy) is 2. The smallest absolute Gasteiger partial charge is 0.161 e. The monoisotopic (exact) mass is 353 g/mol. The summed E-state index contributed by atoms with van der Waals surface area (Å²) in [6.07, 6.45) is 0.879. The van der Waals surface area contributed by atoms with E-state index in [4.69, 9.17) is 13.9 Å². The van der Waals surface area contributed by atoms with Crippen molar-refractivity contribution in [1.29, 1.82) is 0 Å². The summed E-state index contributed by atoms with van der Waals surface area (Å²) >= 11 is 3.60. The molecule has 0 aliphatic heterocycles. The first-order valence-corrected chi connectivity index (χ1v) is 7.61. The molecule has 1 N–H and O–H groups in total. The second kappa shape index (κ2) is 7.00. The highest BCUT2D eigenvalue weighted by Gasteiger charge is 2.21. The Morgan fingerprint density at radius 2 is 1.86 bits per heavy atom. The van der Waals surface area contributed by atoms with Crippen molar-refractivity contribution in [3.63, 3.8) is 0 Å². The van der Waals surface area contributed by atoms with Crippen molar-refractivity contribution in [2.45, 2.75) is 19.4 Å². The third-order valence-electron chi connectivity index (χ3n) is 3.42. The molecule has 0 aliphatic carbocycles. The molecule has 1 unspecified atom stereocenters. The number of methoxy groups -OCH3 is 2. The lowest BCUT2D eigenvalue weighted by molar-refractivity contribution is 0.353. The van der Waals surface area contributed by atoms with Crippen LogP contribution in [0.3, 0.4) is 0 Å². The summed E-state index contributed by atoms with van der Waals surface area (Å²) in [6, 6.07) is 7.82. The van der Waals surface area contributed by atoms with Crippen LogP contribution in [0.1, 0.15) is 30.0 Å². The zero-order valence-electron chi connectivity index (χ0n) is 12.7. The lowest BCUT2D eigenvalue weighted by Crippen LogP contribution is -2.17. The lowest BCUT2D eigenvalue weighted by Gasteiger charge is -2.18. The SMILES string of the molecule is CCc1ccc(C(NC)c2cc(OC)c(OC)cc2Br)o1. The quantitative estimate of drug-likeness (QED) is 0.854. The van der Waals surface area contributed by atoms with Gasteiger partial charge in [0.15, 0.2) is 11.5 Å². The number of benzene rings is 1. The highest BCUT2D eigenvalue weighted by atomic mass is 79.9. The Bertz CT molecular complexity index is 610. The van der Waals surface area contributed by atoms with E-state index >= 15 is 0 Å². The van der Waals surface area contributed by atoms with Gasteiger partial charge in [-0.3, -0.25) is 0 Å². The van der Waals surface area contributed by atoms with Crippen LogP contribution in [0.2, 0.25) is 0 Å². The molecule has 1 aromatic heterocycles. The van der Waals surface area contributed by atoms with Gasteiger partial charge in [-0.2, -0.15) is 0 Å². The number of nitrogens with one attached hydrogen (secondary N) is 1. The van der Waals surface area contributed by atoms with E-state index < -0.39 is 0 Å². The number of furan rings is 1. The number of aryl methyl sites for hydroxylation is 1. The van der Waals surface area contributed by atoms with E-state index in [0.717, 1.165) is 28.0 Å². The maximum Gasteiger partial charge on any atom is 0.161 e. The van der Waals surface area contributed by atoms with Crippen molar-refractivity contribution in [3.05, 3.63) is 45.8 Å². The molecule has 0 saturated heterocycles. The van der Waals surface area contributed by atoms with Gasteiger partial charge in [0.25, 0.3) is 0 Å². The average Bonchev–Trinajstić information content (AvgIpc) is 2.98. The second-order valence-electron chi connectivity index (χ2n) is 4.61. The third-order valence-corrected chi connectivity index (χ3v) is 4.10. The molecule has 0 saturated carbocycles. The van der Waals surface area contributed by atoms with Crippen molar-refractivity contribution in [2.24, 2.45) is 0 Å². The van der Waals surface area contributed by atoms with Gasteiger partial charge in [-0.15, -0.1) is 0 Å². The highest BCUT2D eigenvalue weighted by molar-refractivity contribution is 9.10. The molecule has 2 aromatic rings. The van der Waals surface area contributed by atoms with Gasteiger partial charge in [0.05, 0.1) is 20.3 Å². The minimum atomic E-state index is -0.0560. The standard InChI is InChI=1S/C16H20BrNO3/c1-5-10-6-7-13(21-10)16(18-2)11-8-14(19-3)15(20-4)9-12(11)17/h6-9,16,18H,5H2,1-4H3. The van der Waals surface area contributed by atoms with E-state index in [1.165, 1.54) is 0 Å². The van der Waals surface area contributed by atoms with Crippen LogP contribution >= 0.6 is 15.9 Å². The fraction of sp³-hybridized carbons (Fsp3) is 0.375. The van der Waals surface area contributed by atoms with E-state index in [2.05, 4.69) is 28.2 Å². The predicted molar refractivity (Wildman–Crippen MR) is 86.2 cm³/mol. The van der Waals surface area contributed by atoms with Gasteiger partial charge in [0, 0.05) is 10.9 Å². The topological polar surface area (TPSA) is 43.6 Å². The molecule has 21 heavy (non-hydrogen) atoms. The number of rotatable bonds is 6. The maximum atomic E-state index is 5.87. The zero-order chi connectivity index (χ0) is 15.4. The van der Waals surface area contributed by atoms with Crippen LogP contribution in [-0.4, -0.2) is 21.3 Å². The molecule has 114 valence electrons. The first-order chi connectivity index (χ1) is 10.1. The Morgan fingerprint density at radius 1 is 1.19 bits per heavy atom. The Hall–Kier alpha value is -1.46. The molecular weight excluding hydrogens is 334 g/mol.